The maximum atomic E-state index is 13.1. The van der Waals surface area contributed by atoms with Crippen LogP contribution < -0.4 is 15.4 Å². The van der Waals surface area contributed by atoms with Crippen LogP contribution in [0.4, 0.5) is 0 Å². The quantitative estimate of drug-likeness (QED) is 0.564. The van der Waals surface area contributed by atoms with Crippen molar-refractivity contribution in [3.8, 4) is 17.0 Å². The maximum absolute atomic E-state index is 13.1. The van der Waals surface area contributed by atoms with Crippen molar-refractivity contribution in [3.05, 3.63) is 70.5 Å². The van der Waals surface area contributed by atoms with Crippen LogP contribution in [0.25, 0.3) is 11.3 Å². The van der Waals surface area contributed by atoms with Gasteiger partial charge in [0.2, 0.25) is 11.8 Å². The molecule has 33 heavy (non-hydrogen) atoms. The molecule has 8 heteroatoms. The molecule has 0 radical (unpaired) electrons. The Kier molecular flexibility index (Phi) is 6.11. The van der Waals surface area contributed by atoms with E-state index in [1.54, 1.807) is 23.3 Å². The summed E-state index contributed by atoms with van der Waals surface area (Å²) in [7, 11) is 1.62. The summed E-state index contributed by atoms with van der Waals surface area (Å²) in [6, 6.07) is 16.8. The standard InChI is InChI=1S/C25H26N4O3S/c1-32-19-9-7-16(8-10-19)11-20-25(31)29-14-18(12-22(29)24(30)28-20)26-13-23-27-21(15-33-23)17-5-3-2-4-6-17/h2-10,15,18,20,22,26H,11-14H2,1H3,(H,28,30)/t18-,20-,22-/m0/s1. The van der Waals surface area contributed by atoms with Crippen molar-refractivity contribution in [3.63, 3.8) is 0 Å². The Balaban J connectivity index is 1.19. The minimum atomic E-state index is -0.534. The largest absolute Gasteiger partial charge is 0.497 e. The monoisotopic (exact) mass is 462 g/mol. The van der Waals surface area contributed by atoms with Crippen LogP contribution in [0.1, 0.15) is 17.0 Å². The van der Waals surface area contributed by atoms with E-state index in [-0.39, 0.29) is 17.9 Å². The van der Waals surface area contributed by atoms with Gasteiger partial charge in [-0.15, -0.1) is 11.3 Å². The third kappa shape index (κ3) is 4.62. The molecule has 5 rings (SSSR count). The number of carbonyl (C=O) groups is 2. The molecule has 170 valence electrons. The molecule has 3 atom stereocenters. The molecule has 2 N–H and O–H groups in total. The lowest BCUT2D eigenvalue weighted by molar-refractivity contribution is -0.147. The lowest BCUT2D eigenvalue weighted by atomic mass is 10.0. The van der Waals surface area contributed by atoms with Crippen LogP contribution in [-0.2, 0) is 22.6 Å². The van der Waals surface area contributed by atoms with E-state index < -0.39 is 12.1 Å². The molecule has 0 saturated carbocycles. The molecule has 3 aromatic rings. The molecule has 2 aliphatic rings. The molecule has 0 bridgehead atoms. The Morgan fingerprint density at radius 1 is 1.15 bits per heavy atom. The topological polar surface area (TPSA) is 83.6 Å². The van der Waals surface area contributed by atoms with Gasteiger partial charge in [0.15, 0.2) is 0 Å². The highest BCUT2D eigenvalue weighted by atomic mass is 32.1. The lowest BCUT2D eigenvalue weighted by Gasteiger charge is -2.34. The van der Waals surface area contributed by atoms with Gasteiger partial charge in [-0.05, 0) is 24.1 Å². The van der Waals surface area contributed by atoms with Crippen LogP contribution in [0.3, 0.4) is 0 Å². The summed E-state index contributed by atoms with van der Waals surface area (Å²) in [5.74, 6) is 0.681. The van der Waals surface area contributed by atoms with E-state index >= 15 is 0 Å². The first-order valence-corrected chi connectivity index (χ1v) is 12.0. The minimum absolute atomic E-state index is 0.0136. The molecular formula is C25H26N4O3S. The average Bonchev–Trinajstić information content (AvgIpc) is 3.50. The van der Waals surface area contributed by atoms with Gasteiger partial charge in [-0.1, -0.05) is 42.5 Å². The summed E-state index contributed by atoms with van der Waals surface area (Å²) >= 11 is 1.62. The first-order chi connectivity index (χ1) is 16.1. The number of fused-ring (bicyclic) bond motifs is 1. The van der Waals surface area contributed by atoms with E-state index in [4.69, 9.17) is 9.72 Å². The number of amides is 2. The number of piperazine rings is 1. The number of benzene rings is 2. The lowest BCUT2D eigenvalue weighted by Crippen LogP contribution is -2.61. The van der Waals surface area contributed by atoms with E-state index in [0.29, 0.717) is 25.9 Å². The second-order valence-electron chi connectivity index (χ2n) is 8.43. The Bertz CT molecular complexity index is 1130. The molecule has 0 spiro atoms. The van der Waals surface area contributed by atoms with Gasteiger partial charge >= 0.3 is 0 Å². The number of hydrogen-bond acceptors (Lipinski definition) is 6. The van der Waals surface area contributed by atoms with Crippen molar-refractivity contribution in [2.45, 2.75) is 37.5 Å². The van der Waals surface area contributed by atoms with Gasteiger partial charge in [0, 0.05) is 36.5 Å². The highest BCUT2D eigenvalue weighted by molar-refractivity contribution is 7.09. The zero-order valence-electron chi connectivity index (χ0n) is 18.4. The molecule has 1 aromatic heterocycles. The van der Waals surface area contributed by atoms with Crippen LogP contribution in [0.15, 0.2) is 60.0 Å². The van der Waals surface area contributed by atoms with Crippen molar-refractivity contribution in [1.29, 1.82) is 0 Å². The molecular weight excluding hydrogens is 436 g/mol. The predicted octanol–water partition coefficient (Wildman–Crippen LogP) is 2.62. The predicted molar refractivity (Wildman–Crippen MR) is 127 cm³/mol. The van der Waals surface area contributed by atoms with Gasteiger partial charge in [0.25, 0.3) is 0 Å². The van der Waals surface area contributed by atoms with Gasteiger partial charge < -0.3 is 20.3 Å². The average molecular weight is 463 g/mol. The van der Waals surface area contributed by atoms with Gasteiger partial charge in [0.05, 0.1) is 12.8 Å². The first kappa shape index (κ1) is 21.6. The normalized spacial score (nSPS) is 22.2. The molecule has 7 nitrogen and oxygen atoms in total. The van der Waals surface area contributed by atoms with E-state index in [9.17, 15) is 9.59 Å². The summed E-state index contributed by atoms with van der Waals surface area (Å²) in [6.07, 6.45) is 1.08. The maximum Gasteiger partial charge on any atom is 0.246 e. The van der Waals surface area contributed by atoms with Crippen molar-refractivity contribution >= 4 is 23.2 Å². The van der Waals surface area contributed by atoms with Gasteiger partial charge in [0.1, 0.15) is 22.8 Å². The second kappa shape index (κ2) is 9.33. The Hall–Kier alpha value is -3.23. The number of nitrogens with one attached hydrogen (secondary N) is 2. The highest BCUT2D eigenvalue weighted by Gasteiger charge is 2.46. The van der Waals surface area contributed by atoms with Crippen molar-refractivity contribution in [2.24, 2.45) is 0 Å². The molecule has 2 saturated heterocycles. The Labute approximate surface area is 196 Å². The van der Waals surface area contributed by atoms with Crippen LogP contribution in [0.2, 0.25) is 0 Å². The number of hydrogen-bond donors (Lipinski definition) is 2. The third-order valence-corrected chi connectivity index (χ3v) is 7.11. The van der Waals surface area contributed by atoms with Crippen LogP contribution in [-0.4, -0.2) is 53.5 Å². The Morgan fingerprint density at radius 2 is 1.94 bits per heavy atom. The number of carbonyl (C=O) groups excluding carboxylic acids is 2. The molecule has 2 amide bonds. The summed E-state index contributed by atoms with van der Waals surface area (Å²) in [6.45, 7) is 1.15. The van der Waals surface area contributed by atoms with E-state index in [1.165, 1.54) is 0 Å². The zero-order valence-corrected chi connectivity index (χ0v) is 19.2. The molecule has 2 aliphatic heterocycles. The van der Waals surface area contributed by atoms with E-state index in [2.05, 4.69) is 16.0 Å². The van der Waals surface area contributed by atoms with Gasteiger partial charge in [-0.2, -0.15) is 0 Å². The third-order valence-electron chi connectivity index (χ3n) is 6.26. The number of thiazole rings is 1. The van der Waals surface area contributed by atoms with Crippen molar-refractivity contribution < 1.29 is 14.3 Å². The Morgan fingerprint density at radius 3 is 2.70 bits per heavy atom. The number of rotatable bonds is 7. The SMILES string of the molecule is COc1ccc(C[C@@H]2NC(=O)[C@@H]3C[C@H](NCc4nc(-c5ccccc5)cs4)CN3C2=O)cc1. The summed E-state index contributed by atoms with van der Waals surface area (Å²) in [5, 5.41) is 9.48. The van der Waals surface area contributed by atoms with Crippen molar-refractivity contribution in [2.75, 3.05) is 13.7 Å². The smallest absolute Gasteiger partial charge is 0.246 e. The highest BCUT2D eigenvalue weighted by Crippen LogP contribution is 2.26. The van der Waals surface area contributed by atoms with Gasteiger partial charge in [-0.3, -0.25) is 9.59 Å². The molecule has 2 aromatic carbocycles. The molecule has 0 unspecified atom stereocenters. The second-order valence-corrected chi connectivity index (χ2v) is 9.37. The number of methoxy groups -OCH3 is 1. The fraction of sp³-hybridized carbons (Fsp3) is 0.320. The zero-order chi connectivity index (χ0) is 22.8. The van der Waals surface area contributed by atoms with E-state index in [0.717, 1.165) is 27.6 Å². The summed E-state index contributed by atoms with van der Waals surface area (Å²) in [4.78, 5) is 32.3. The minimum Gasteiger partial charge on any atom is -0.497 e. The van der Waals surface area contributed by atoms with Crippen LogP contribution >= 0.6 is 11.3 Å². The van der Waals surface area contributed by atoms with Crippen LogP contribution in [0, 0.1) is 0 Å². The molecule has 3 heterocycles. The molecule has 2 fully saturated rings. The van der Waals surface area contributed by atoms with Crippen molar-refractivity contribution in [1.82, 2.24) is 20.5 Å². The number of nitrogens with zero attached hydrogens (tertiary/aromatic N) is 2. The first-order valence-electron chi connectivity index (χ1n) is 11.1. The van der Waals surface area contributed by atoms with Crippen LogP contribution in [0.5, 0.6) is 5.75 Å². The summed E-state index contributed by atoms with van der Waals surface area (Å²) < 4.78 is 5.19. The fourth-order valence-corrected chi connectivity index (χ4v) is 5.26. The fourth-order valence-electron chi connectivity index (χ4n) is 4.51. The van der Waals surface area contributed by atoms with Gasteiger partial charge in [-0.25, -0.2) is 4.98 Å². The summed E-state index contributed by atoms with van der Waals surface area (Å²) in [5.41, 5.74) is 3.06. The molecule has 0 aliphatic carbocycles. The number of aromatic nitrogens is 1. The number of ether oxygens (including phenoxy) is 1. The van der Waals surface area contributed by atoms with E-state index in [1.807, 2.05) is 54.6 Å².